The average molecular weight is 224 g/mol. The van der Waals surface area contributed by atoms with Gasteiger partial charge in [-0.05, 0) is 18.9 Å². The van der Waals surface area contributed by atoms with Gasteiger partial charge in [0.2, 0.25) is 0 Å². The summed E-state index contributed by atoms with van der Waals surface area (Å²) in [5, 5.41) is 13.9. The van der Waals surface area contributed by atoms with Gasteiger partial charge in [0.25, 0.3) is 0 Å². The second-order valence-electron chi connectivity index (χ2n) is 4.65. The van der Waals surface area contributed by atoms with Gasteiger partial charge in [-0.15, -0.1) is 0 Å². The van der Waals surface area contributed by atoms with Crippen molar-refractivity contribution < 1.29 is 5.11 Å². The fourth-order valence-electron chi connectivity index (χ4n) is 2.17. The lowest BCUT2D eigenvalue weighted by Gasteiger charge is -2.34. The smallest absolute Gasteiger partial charge is 0.0818 e. The summed E-state index contributed by atoms with van der Waals surface area (Å²) in [5.74, 6) is 0. The first-order chi connectivity index (χ1) is 7.58. The maximum Gasteiger partial charge on any atom is 0.0818 e. The van der Waals surface area contributed by atoms with Crippen LogP contribution in [0, 0.1) is 6.92 Å². The van der Waals surface area contributed by atoms with E-state index in [9.17, 15) is 5.11 Å². The second-order valence-corrected chi connectivity index (χ2v) is 4.65. The van der Waals surface area contributed by atoms with Crippen molar-refractivity contribution in [2.75, 3.05) is 13.1 Å². The maximum atomic E-state index is 9.73. The van der Waals surface area contributed by atoms with Crippen LogP contribution in [-0.2, 0) is 13.6 Å². The molecule has 0 aromatic carbocycles. The normalized spacial score (nSPS) is 27.2. The van der Waals surface area contributed by atoms with Gasteiger partial charge < -0.3 is 10.8 Å². The lowest BCUT2D eigenvalue weighted by molar-refractivity contribution is 0.0488. The number of piperidine rings is 1. The summed E-state index contributed by atoms with van der Waals surface area (Å²) in [5.41, 5.74) is 8.19. The van der Waals surface area contributed by atoms with Gasteiger partial charge in [-0.1, -0.05) is 0 Å². The lowest BCUT2D eigenvalue weighted by atomic mass is 10.0. The summed E-state index contributed by atoms with van der Waals surface area (Å²) in [6.45, 7) is 4.51. The molecule has 2 heterocycles. The summed E-state index contributed by atoms with van der Waals surface area (Å²) in [6.07, 6.45) is 2.33. The molecule has 0 amide bonds. The first-order valence-corrected chi connectivity index (χ1v) is 5.71. The largest absolute Gasteiger partial charge is 0.390 e. The molecule has 0 bridgehead atoms. The van der Waals surface area contributed by atoms with Crippen molar-refractivity contribution in [2.45, 2.75) is 32.0 Å². The fourth-order valence-corrected chi connectivity index (χ4v) is 2.17. The minimum absolute atomic E-state index is 0.0658. The molecule has 1 aliphatic heterocycles. The first kappa shape index (κ1) is 11.6. The van der Waals surface area contributed by atoms with Gasteiger partial charge in [0.1, 0.15) is 0 Å². The Bertz CT molecular complexity index is 343. The molecule has 0 unspecified atom stereocenters. The Labute approximate surface area is 95.8 Å². The minimum Gasteiger partial charge on any atom is -0.390 e. The zero-order chi connectivity index (χ0) is 11.7. The first-order valence-electron chi connectivity index (χ1n) is 5.71. The maximum absolute atomic E-state index is 9.73. The van der Waals surface area contributed by atoms with E-state index in [1.807, 2.05) is 17.9 Å². The Morgan fingerprint density at radius 2 is 2.38 bits per heavy atom. The molecule has 1 fully saturated rings. The zero-order valence-electron chi connectivity index (χ0n) is 9.93. The third-order valence-corrected chi connectivity index (χ3v) is 3.36. The van der Waals surface area contributed by atoms with Crippen molar-refractivity contribution in [1.82, 2.24) is 14.7 Å². The Hall–Kier alpha value is -0.910. The van der Waals surface area contributed by atoms with Crippen molar-refractivity contribution >= 4 is 0 Å². The van der Waals surface area contributed by atoms with Crippen LogP contribution in [0.2, 0.25) is 0 Å². The van der Waals surface area contributed by atoms with Crippen LogP contribution in [0.4, 0.5) is 0 Å². The molecule has 1 aromatic heterocycles. The Kier molecular flexibility index (Phi) is 3.28. The Morgan fingerprint density at radius 3 is 2.94 bits per heavy atom. The molecule has 5 heteroatoms. The Morgan fingerprint density at radius 1 is 1.62 bits per heavy atom. The van der Waals surface area contributed by atoms with E-state index in [-0.39, 0.29) is 6.04 Å². The molecule has 90 valence electrons. The van der Waals surface area contributed by atoms with Crippen LogP contribution in [0.5, 0.6) is 0 Å². The molecule has 5 nitrogen and oxygen atoms in total. The van der Waals surface area contributed by atoms with Crippen molar-refractivity contribution in [3.63, 3.8) is 0 Å². The highest BCUT2D eigenvalue weighted by molar-refractivity contribution is 5.15. The molecule has 0 saturated carbocycles. The standard InChI is InChI=1S/C11H20N4O/c1-8-5-13-14(2)10(8)6-15-4-3-9(12)11(16)7-15/h5,9,11,16H,3-4,6-7,12H2,1-2H3/t9-,11-/m1/s1. The number of aromatic nitrogens is 2. The number of aryl methyl sites for hydroxylation is 2. The zero-order valence-corrected chi connectivity index (χ0v) is 9.93. The predicted molar refractivity (Wildman–Crippen MR) is 61.8 cm³/mol. The van der Waals surface area contributed by atoms with Crippen LogP contribution in [0.1, 0.15) is 17.7 Å². The fraction of sp³-hybridized carbons (Fsp3) is 0.727. The number of likely N-dealkylation sites (tertiary alicyclic amines) is 1. The van der Waals surface area contributed by atoms with Gasteiger partial charge in [-0.25, -0.2) is 0 Å². The van der Waals surface area contributed by atoms with E-state index in [0.29, 0.717) is 6.54 Å². The minimum atomic E-state index is -0.401. The predicted octanol–water partition coefficient (Wildman–Crippen LogP) is -0.378. The van der Waals surface area contributed by atoms with Crippen LogP contribution in [0.25, 0.3) is 0 Å². The molecule has 0 spiro atoms. The molecule has 2 rings (SSSR count). The van der Waals surface area contributed by atoms with Crippen LogP contribution in [-0.4, -0.2) is 45.0 Å². The quantitative estimate of drug-likeness (QED) is 0.719. The van der Waals surface area contributed by atoms with Crippen LogP contribution >= 0.6 is 0 Å². The molecule has 3 N–H and O–H groups in total. The number of rotatable bonds is 2. The molecule has 1 aliphatic rings. The summed E-state index contributed by atoms with van der Waals surface area (Å²) in [6, 6.07) is -0.0658. The summed E-state index contributed by atoms with van der Waals surface area (Å²) >= 11 is 0. The molecular weight excluding hydrogens is 204 g/mol. The third kappa shape index (κ3) is 2.26. The van der Waals surface area contributed by atoms with E-state index >= 15 is 0 Å². The third-order valence-electron chi connectivity index (χ3n) is 3.36. The molecule has 2 atom stereocenters. The summed E-state index contributed by atoms with van der Waals surface area (Å²) in [7, 11) is 1.95. The summed E-state index contributed by atoms with van der Waals surface area (Å²) < 4.78 is 1.90. The van der Waals surface area contributed by atoms with Crippen molar-refractivity contribution in [2.24, 2.45) is 12.8 Å². The number of β-amino-alcohol motifs (C(OH)–C–C–N with tert-alkyl or cyclic N) is 1. The summed E-state index contributed by atoms with van der Waals surface area (Å²) in [4.78, 5) is 2.23. The van der Waals surface area contributed by atoms with E-state index in [1.54, 1.807) is 0 Å². The van der Waals surface area contributed by atoms with E-state index in [0.717, 1.165) is 19.5 Å². The molecule has 1 saturated heterocycles. The van der Waals surface area contributed by atoms with Crippen LogP contribution in [0.3, 0.4) is 0 Å². The van der Waals surface area contributed by atoms with Gasteiger partial charge in [-0.3, -0.25) is 9.58 Å². The molecular formula is C11H20N4O. The number of aliphatic hydroxyl groups excluding tert-OH is 1. The van der Waals surface area contributed by atoms with Crippen molar-refractivity contribution in [3.05, 3.63) is 17.5 Å². The monoisotopic (exact) mass is 224 g/mol. The number of nitrogens with two attached hydrogens (primary N) is 1. The molecule has 1 aromatic rings. The Balaban J connectivity index is 2.00. The van der Waals surface area contributed by atoms with Gasteiger partial charge >= 0.3 is 0 Å². The number of aliphatic hydroxyl groups is 1. The van der Waals surface area contributed by atoms with Gasteiger partial charge in [-0.2, -0.15) is 5.10 Å². The van der Waals surface area contributed by atoms with Crippen molar-refractivity contribution in [1.29, 1.82) is 0 Å². The highest BCUT2D eigenvalue weighted by atomic mass is 16.3. The average Bonchev–Trinajstić information content (AvgIpc) is 2.55. The van der Waals surface area contributed by atoms with Gasteiger partial charge in [0.05, 0.1) is 18.0 Å². The van der Waals surface area contributed by atoms with Crippen molar-refractivity contribution in [3.8, 4) is 0 Å². The highest BCUT2D eigenvalue weighted by Gasteiger charge is 2.25. The lowest BCUT2D eigenvalue weighted by Crippen LogP contribution is -2.50. The highest BCUT2D eigenvalue weighted by Crippen LogP contribution is 2.14. The number of hydrogen-bond donors (Lipinski definition) is 2. The van der Waals surface area contributed by atoms with E-state index in [4.69, 9.17) is 5.73 Å². The van der Waals surface area contributed by atoms with Gasteiger partial charge in [0.15, 0.2) is 0 Å². The number of nitrogens with zero attached hydrogens (tertiary/aromatic N) is 3. The van der Waals surface area contributed by atoms with E-state index < -0.39 is 6.10 Å². The van der Waals surface area contributed by atoms with Crippen LogP contribution in [0.15, 0.2) is 6.20 Å². The van der Waals surface area contributed by atoms with Crippen LogP contribution < -0.4 is 5.73 Å². The van der Waals surface area contributed by atoms with E-state index in [1.165, 1.54) is 11.3 Å². The second kappa shape index (κ2) is 4.53. The SMILES string of the molecule is Cc1cnn(C)c1CN1CC[C@@H](N)[C@H](O)C1. The molecule has 0 radical (unpaired) electrons. The van der Waals surface area contributed by atoms with Gasteiger partial charge in [0, 0.05) is 32.7 Å². The molecule has 0 aliphatic carbocycles. The number of hydrogen-bond acceptors (Lipinski definition) is 4. The topological polar surface area (TPSA) is 67.3 Å². The molecule has 16 heavy (non-hydrogen) atoms. The van der Waals surface area contributed by atoms with E-state index in [2.05, 4.69) is 16.9 Å².